The average molecular weight is 365 g/mol. The predicted octanol–water partition coefficient (Wildman–Crippen LogP) is 4.57. The number of rotatable bonds is 4. The highest BCUT2D eigenvalue weighted by Gasteiger charge is 2.39. The smallest absolute Gasteiger partial charge is 0.161 e. The van der Waals surface area contributed by atoms with E-state index in [1.54, 1.807) is 14.2 Å². The Morgan fingerprint density at radius 2 is 1.70 bits per heavy atom. The zero-order valence-electron chi connectivity index (χ0n) is 16.1. The Hall–Kier alpha value is -2.49. The standard InChI is InChI=1S/C23H27NO3/c1-26-21-14-16-12-13-24(17-8-4-3-5-9-17)23(19(16)15-22(21)27-2)18-10-6-7-11-20(18)25/h3-5,8-9,14-15,18,23H,6-7,10-13H2,1-2H3/t18-,23+/m1/s1. The second-order valence-electron chi connectivity index (χ2n) is 7.45. The van der Waals surface area contributed by atoms with Gasteiger partial charge in [-0.05, 0) is 54.7 Å². The molecule has 4 heteroatoms. The molecule has 142 valence electrons. The highest BCUT2D eigenvalue weighted by molar-refractivity contribution is 5.83. The SMILES string of the molecule is COc1cc2c(cc1OC)[C@H]([C@@H]1CCCCC1=O)N(c1ccccc1)CC2. The van der Waals surface area contributed by atoms with Crippen molar-refractivity contribution in [2.24, 2.45) is 5.92 Å². The molecule has 2 aliphatic rings. The fraction of sp³-hybridized carbons (Fsp3) is 0.435. The Balaban J connectivity index is 1.83. The van der Waals surface area contributed by atoms with Crippen molar-refractivity contribution in [2.45, 2.75) is 38.1 Å². The molecular weight excluding hydrogens is 338 g/mol. The number of fused-ring (bicyclic) bond motifs is 1. The second-order valence-corrected chi connectivity index (χ2v) is 7.45. The number of para-hydroxylation sites is 1. The van der Waals surface area contributed by atoms with Crippen molar-refractivity contribution in [2.75, 3.05) is 25.7 Å². The molecule has 0 spiro atoms. The van der Waals surface area contributed by atoms with Crippen LogP contribution < -0.4 is 14.4 Å². The molecule has 2 aromatic rings. The van der Waals surface area contributed by atoms with Crippen LogP contribution in [-0.4, -0.2) is 26.5 Å². The number of anilines is 1. The summed E-state index contributed by atoms with van der Waals surface area (Å²) in [7, 11) is 3.34. The van der Waals surface area contributed by atoms with Crippen LogP contribution in [0.15, 0.2) is 42.5 Å². The van der Waals surface area contributed by atoms with E-state index >= 15 is 0 Å². The third-order valence-electron chi connectivity index (χ3n) is 5.99. The molecule has 1 fully saturated rings. The van der Waals surface area contributed by atoms with Gasteiger partial charge in [0.2, 0.25) is 0 Å². The maximum Gasteiger partial charge on any atom is 0.161 e. The minimum Gasteiger partial charge on any atom is -0.493 e. The van der Waals surface area contributed by atoms with Gasteiger partial charge in [-0.15, -0.1) is 0 Å². The first kappa shape index (κ1) is 17.9. The molecule has 4 rings (SSSR count). The molecule has 2 atom stereocenters. The highest BCUT2D eigenvalue weighted by atomic mass is 16.5. The van der Waals surface area contributed by atoms with E-state index < -0.39 is 0 Å². The maximum atomic E-state index is 12.9. The van der Waals surface area contributed by atoms with Gasteiger partial charge in [0.25, 0.3) is 0 Å². The summed E-state index contributed by atoms with van der Waals surface area (Å²) >= 11 is 0. The molecule has 1 heterocycles. The van der Waals surface area contributed by atoms with E-state index in [0.717, 1.165) is 43.7 Å². The Labute approximate surface area is 161 Å². The van der Waals surface area contributed by atoms with Crippen LogP contribution in [0.2, 0.25) is 0 Å². The van der Waals surface area contributed by atoms with Gasteiger partial charge in [0.15, 0.2) is 11.5 Å². The number of methoxy groups -OCH3 is 2. The third-order valence-corrected chi connectivity index (χ3v) is 5.99. The lowest BCUT2D eigenvalue weighted by atomic mass is 9.76. The molecule has 4 nitrogen and oxygen atoms in total. The van der Waals surface area contributed by atoms with E-state index in [2.05, 4.69) is 41.3 Å². The lowest BCUT2D eigenvalue weighted by Crippen LogP contribution is -2.42. The van der Waals surface area contributed by atoms with E-state index in [1.807, 2.05) is 6.07 Å². The number of benzene rings is 2. The predicted molar refractivity (Wildman–Crippen MR) is 107 cm³/mol. The first-order valence-corrected chi connectivity index (χ1v) is 9.82. The third kappa shape index (κ3) is 3.29. The molecule has 0 aromatic heterocycles. The molecule has 1 aliphatic carbocycles. The number of ether oxygens (including phenoxy) is 2. The van der Waals surface area contributed by atoms with Crippen LogP contribution in [0.5, 0.6) is 11.5 Å². The van der Waals surface area contributed by atoms with Crippen LogP contribution in [-0.2, 0) is 11.2 Å². The van der Waals surface area contributed by atoms with Gasteiger partial charge in [0, 0.05) is 24.6 Å². The van der Waals surface area contributed by atoms with Crippen molar-refractivity contribution >= 4 is 11.5 Å². The van der Waals surface area contributed by atoms with Crippen LogP contribution in [0.1, 0.15) is 42.9 Å². The van der Waals surface area contributed by atoms with Gasteiger partial charge in [0.1, 0.15) is 5.78 Å². The molecule has 0 amide bonds. The second kappa shape index (κ2) is 7.63. The number of Topliss-reactive ketones (excluding diaryl/α,β-unsaturated/α-hetero) is 1. The fourth-order valence-electron chi connectivity index (χ4n) is 4.66. The lowest BCUT2D eigenvalue weighted by molar-refractivity contribution is -0.125. The number of hydrogen-bond acceptors (Lipinski definition) is 4. The molecule has 1 aliphatic heterocycles. The molecule has 27 heavy (non-hydrogen) atoms. The van der Waals surface area contributed by atoms with Crippen molar-refractivity contribution in [3.05, 3.63) is 53.6 Å². The number of ketones is 1. The normalized spacial score (nSPS) is 22.3. The Kier molecular flexibility index (Phi) is 5.06. The summed E-state index contributed by atoms with van der Waals surface area (Å²) < 4.78 is 11.1. The summed E-state index contributed by atoms with van der Waals surface area (Å²) in [4.78, 5) is 15.3. The number of carbonyl (C=O) groups is 1. The zero-order valence-corrected chi connectivity index (χ0v) is 16.1. The average Bonchev–Trinajstić information content (AvgIpc) is 2.73. The summed E-state index contributed by atoms with van der Waals surface area (Å²) in [5.74, 6) is 1.93. The fourth-order valence-corrected chi connectivity index (χ4v) is 4.66. The van der Waals surface area contributed by atoms with Crippen molar-refractivity contribution in [1.82, 2.24) is 0 Å². The van der Waals surface area contributed by atoms with E-state index in [-0.39, 0.29) is 12.0 Å². The quantitative estimate of drug-likeness (QED) is 0.796. The van der Waals surface area contributed by atoms with E-state index in [1.165, 1.54) is 16.8 Å². The van der Waals surface area contributed by atoms with Crippen molar-refractivity contribution in [3.8, 4) is 11.5 Å². The van der Waals surface area contributed by atoms with Crippen molar-refractivity contribution < 1.29 is 14.3 Å². The maximum absolute atomic E-state index is 12.9. The van der Waals surface area contributed by atoms with Crippen LogP contribution in [0.4, 0.5) is 5.69 Å². The monoisotopic (exact) mass is 365 g/mol. The lowest BCUT2D eigenvalue weighted by Gasteiger charge is -2.44. The van der Waals surface area contributed by atoms with Crippen molar-refractivity contribution in [3.63, 3.8) is 0 Å². The molecule has 1 saturated carbocycles. The first-order chi connectivity index (χ1) is 13.2. The van der Waals surface area contributed by atoms with Crippen LogP contribution >= 0.6 is 0 Å². The first-order valence-electron chi connectivity index (χ1n) is 9.82. The van der Waals surface area contributed by atoms with Gasteiger partial charge < -0.3 is 14.4 Å². The van der Waals surface area contributed by atoms with E-state index in [4.69, 9.17) is 9.47 Å². The molecule has 0 N–H and O–H groups in total. The minimum atomic E-state index is 0.0381. The molecular formula is C23H27NO3. The Morgan fingerprint density at radius 3 is 2.41 bits per heavy atom. The van der Waals surface area contributed by atoms with Crippen LogP contribution in [0.25, 0.3) is 0 Å². The van der Waals surface area contributed by atoms with Gasteiger partial charge in [0.05, 0.1) is 20.3 Å². The molecule has 0 saturated heterocycles. The largest absolute Gasteiger partial charge is 0.493 e. The van der Waals surface area contributed by atoms with Crippen molar-refractivity contribution in [1.29, 1.82) is 0 Å². The zero-order chi connectivity index (χ0) is 18.8. The van der Waals surface area contributed by atoms with Gasteiger partial charge >= 0.3 is 0 Å². The number of nitrogens with zero attached hydrogens (tertiary/aromatic N) is 1. The van der Waals surface area contributed by atoms with Gasteiger partial charge in [-0.2, -0.15) is 0 Å². The Bertz CT molecular complexity index is 818. The van der Waals surface area contributed by atoms with Gasteiger partial charge in [-0.1, -0.05) is 24.6 Å². The number of carbonyl (C=O) groups excluding carboxylic acids is 1. The summed E-state index contributed by atoms with van der Waals surface area (Å²) in [6.07, 6.45) is 4.74. The van der Waals surface area contributed by atoms with Gasteiger partial charge in [-0.3, -0.25) is 4.79 Å². The number of hydrogen-bond donors (Lipinski definition) is 0. The van der Waals surface area contributed by atoms with Crippen LogP contribution in [0.3, 0.4) is 0 Å². The topological polar surface area (TPSA) is 38.8 Å². The van der Waals surface area contributed by atoms with E-state index in [9.17, 15) is 4.79 Å². The Morgan fingerprint density at radius 1 is 0.963 bits per heavy atom. The molecule has 0 bridgehead atoms. The highest BCUT2D eigenvalue weighted by Crippen LogP contribution is 2.45. The van der Waals surface area contributed by atoms with Crippen LogP contribution in [0, 0.1) is 5.92 Å². The van der Waals surface area contributed by atoms with E-state index in [0.29, 0.717) is 12.2 Å². The summed E-state index contributed by atoms with van der Waals surface area (Å²) in [6.45, 7) is 0.904. The molecule has 2 aromatic carbocycles. The van der Waals surface area contributed by atoms with Gasteiger partial charge in [-0.25, -0.2) is 0 Å². The summed E-state index contributed by atoms with van der Waals surface area (Å²) in [5.41, 5.74) is 3.66. The minimum absolute atomic E-state index is 0.0381. The summed E-state index contributed by atoms with van der Waals surface area (Å²) in [6, 6.07) is 14.7. The summed E-state index contributed by atoms with van der Waals surface area (Å²) in [5, 5.41) is 0. The molecule has 0 radical (unpaired) electrons. The molecule has 0 unspecified atom stereocenters.